The molecule has 24 heavy (non-hydrogen) atoms. The summed E-state index contributed by atoms with van der Waals surface area (Å²) in [5.74, 6) is 0. The molecule has 0 amide bonds. The summed E-state index contributed by atoms with van der Waals surface area (Å²) in [6.07, 6.45) is 0.967. The van der Waals surface area contributed by atoms with E-state index in [2.05, 4.69) is 66.0 Å². The average Bonchev–Trinajstić information content (AvgIpc) is 2.94. The minimum absolute atomic E-state index is 0.260. The third kappa shape index (κ3) is 2.04. The van der Waals surface area contributed by atoms with Crippen LogP contribution in [0.15, 0.2) is 78.9 Å². The molecular formula is C22H19NO. The summed E-state index contributed by atoms with van der Waals surface area (Å²) in [5.41, 5.74) is 5.49. The van der Waals surface area contributed by atoms with Gasteiger partial charge in [0, 0.05) is 0 Å². The molecule has 3 aromatic rings. The molecule has 0 heterocycles. The van der Waals surface area contributed by atoms with Gasteiger partial charge in [0.05, 0.1) is 11.6 Å². The second-order valence-corrected chi connectivity index (χ2v) is 6.28. The van der Waals surface area contributed by atoms with Crippen molar-refractivity contribution in [3.8, 4) is 11.1 Å². The van der Waals surface area contributed by atoms with Gasteiger partial charge in [0.2, 0.25) is 0 Å². The molecule has 0 spiro atoms. The highest BCUT2D eigenvalue weighted by molar-refractivity contribution is 5.83. The zero-order valence-corrected chi connectivity index (χ0v) is 13.6. The van der Waals surface area contributed by atoms with Crippen molar-refractivity contribution in [3.63, 3.8) is 0 Å². The van der Waals surface area contributed by atoms with Crippen LogP contribution in [-0.2, 0) is 10.3 Å². The molecule has 1 atom stereocenters. The van der Waals surface area contributed by atoms with Crippen molar-refractivity contribution in [2.45, 2.75) is 18.5 Å². The topological polar surface area (TPSA) is 29.1 Å². The highest BCUT2D eigenvalue weighted by atomic mass is 16.1. The van der Waals surface area contributed by atoms with E-state index in [-0.39, 0.29) is 6.04 Å². The van der Waals surface area contributed by atoms with Gasteiger partial charge in [-0.15, -0.1) is 0 Å². The highest BCUT2D eigenvalue weighted by Gasteiger charge is 2.44. The van der Waals surface area contributed by atoms with E-state index in [0.29, 0.717) is 0 Å². The summed E-state index contributed by atoms with van der Waals surface area (Å²) in [4.78, 5) is 11.4. The van der Waals surface area contributed by atoms with Gasteiger partial charge in [0.15, 0.2) is 0 Å². The first-order valence-corrected chi connectivity index (χ1v) is 8.25. The van der Waals surface area contributed by atoms with E-state index in [1.807, 2.05) is 25.1 Å². The number of carbonyl (C=O) groups is 1. The van der Waals surface area contributed by atoms with Crippen molar-refractivity contribution in [3.05, 3.63) is 95.6 Å². The minimum Gasteiger partial charge on any atom is -0.302 e. The Morgan fingerprint density at radius 2 is 1.29 bits per heavy atom. The Balaban J connectivity index is 2.08. The largest absolute Gasteiger partial charge is 0.302 e. The van der Waals surface area contributed by atoms with Crippen LogP contribution in [0.3, 0.4) is 0 Å². The monoisotopic (exact) mass is 313 g/mol. The lowest BCUT2D eigenvalue weighted by atomic mass is 9.80. The number of aldehydes is 1. The number of hydrogen-bond donors (Lipinski definition) is 1. The van der Waals surface area contributed by atoms with E-state index in [1.165, 1.54) is 22.3 Å². The van der Waals surface area contributed by atoms with E-state index < -0.39 is 5.54 Å². The standard InChI is InChI=1S/C22H19NO/c1-16(15-24)23-22(17-9-3-2-4-10-17)20-13-7-5-11-18(20)19-12-6-8-14-21(19)22/h2-16,23H,1H3/t16-/m0/s1. The molecule has 2 nitrogen and oxygen atoms in total. The van der Waals surface area contributed by atoms with Crippen molar-refractivity contribution in [1.82, 2.24) is 5.32 Å². The molecule has 0 aromatic heterocycles. The van der Waals surface area contributed by atoms with Gasteiger partial charge < -0.3 is 4.79 Å². The first-order valence-electron chi connectivity index (χ1n) is 8.25. The first-order chi connectivity index (χ1) is 11.8. The van der Waals surface area contributed by atoms with Crippen LogP contribution in [0.1, 0.15) is 23.6 Å². The number of benzene rings is 3. The summed E-state index contributed by atoms with van der Waals surface area (Å²) in [5, 5.41) is 3.60. The molecule has 0 unspecified atom stereocenters. The number of hydrogen-bond acceptors (Lipinski definition) is 2. The smallest absolute Gasteiger partial charge is 0.136 e. The van der Waals surface area contributed by atoms with Crippen molar-refractivity contribution < 1.29 is 4.79 Å². The Labute approximate surface area is 142 Å². The Morgan fingerprint density at radius 3 is 1.83 bits per heavy atom. The fraction of sp³-hybridized carbons (Fsp3) is 0.136. The molecule has 1 aliphatic carbocycles. The van der Waals surface area contributed by atoms with Gasteiger partial charge in [-0.25, -0.2) is 0 Å². The second kappa shape index (κ2) is 5.73. The molecule has 0 saturated heterocycles. The quantitative estimate of drug-likeness (QED) is 0.734. The van der Waals surface area contributed by atoms with Gasteiger partial charge in [-0.2, -0.15) is 0 Å². The van der Waals surface area contributed by atoms with Crippen LogP contribution in [0, 0.1) is 0 Å². The normalized spacial score (nSPS) is 15.4. The fourth-order valence-corrected chi connectivity index (χ4v) is 3.85. The predicted molar refractivity (Wildman–Crippen MR) is 96.9 cm³/mol. The molecular weight excluding hydrogens is 294 g/mol. The summed E-state index contributed by atoms with van der Waals surface area (Å²) < 4.78 is 0. The van der Waals surface area contributed by atoms with Crippen LogP contribution < -0.4 is 5.32 Å². The Bertz CT molecular complexity index is 840. The van der Waals surface area contributed by atoms with Crippen molar-refractivity contribution in [2.75, 3.05) is 0 Å². The summed E-state index contributed by atoms with van der Waals surface area (Å²) in [6, 6.07) is 27.0. The SMILES string of the molecule is C[C@@H](C=O)NC1(c2ccccc2)c2ccccc2-c2ccccc21. The summed E-state index contributed by atoms with van der Waals surface area (Å²) >= 11 is 0. The van der Waals surface area contributed by atoms with Gasteiger partial charge in [0.1, 0.15) is 6.29 Å². The predicted octanol–water partition coefficient (Wildman–Crippen LogP) is 4.14. The van der Waals surface area contributed by atoms with E-state index in [4.69, 9.17) is 0 Å². The van der Waals surface area contributed by atoms with Crippen molar-refractivity contribution in [1.29, 1.82) is 0 Å². The summed E-state index contributed by atoms with van der Waals surface area (Å²) in [7, 11) is 0. The zero-order valence-electron chi connectivity index (χ0n) is 13.6. The molecule has 0 fully saturated rings. The fourth-order valence-electron chi connectivity index (χ4n) is 3.85. The van der Waals surface area contributed by atoms with Crippen LogP contribution in [0.5, 0.6) is 0 Å². The number of rotatable bonds is 4. The third-order valence-corrected chi connectivity index (χ3v) is 4.81. The van der Waals surface area contributed by atoms with Gasteiger partial charge in [-0.3, -0.25) is 5.32 Å². The Hall–Kier alpha value is -2.71. The van der Waals surface area contributed by atoms with E-state index in [0.717, 1.165) is 11.8 Å². The molecule has 2 heteroatoms. The maximum atomic E-state index is 11.4. The Morgan fingerprint density at radius 1 is 0.792 bits per heavy atom. The van der Waals surface area contributed by atoms with Gasteiger partial charge in [-0.1, -0.05) is 78.9 Å². The van der Waals surface area contributed by atoms with Crippen LogP contribution in [0.25, 0.3) is 11.1 Å². The molecule has 4 rings (SSSR count). The molecule has 0 aliphatic heterocycles. The highest BCUT2D eigenvalue weighted by Crippen LogP contribution is 2.50. The van der Waals surface area contributed by atoms with Gasteiger partial charge >= 0.3 is 0 Å². The first kappa shape index (κ1) is 14.9. The molecule has 0 bridgehead atoms. The number of fused-ring (bicyclic) bond motifs is 3. The Kier molecular flexibility index (Phi) is 3.55. The lowest BCUT2D eigenvalue weighted by Gasteiger charge is -2.35. The molecule has 1 aliphatic rings. The molecule has 118 valence electrons. The maximum absolute atomic E-state index is 11.4. The second-order valence-electron chi connectivity index (χ2n) is 6.28. The van der Waals surface area contributed by atoms with E-state index >= 15 is 0 Å². The zero-order chi connectivity index (χ0) is 16.6. The molecule has 0 saturated carbocycles. The lowest BCUT2D eigenvalue weighted by Crippen LogP contribution is -2.48. The lowest BCUT2D eigenvalue weighted by molar-refractivity contribution is -0.109. The van der Waals surface area contributed by atoms with Crippen molar-refractivity contribution in [2.24, 2.45) is 0 Å². The van der Waals surface area contributed by atoms with E-state index in [1.54, 1.807) is 0 Å². The third-order valence-electron chi connectivity index (χ3n) is 4.81. The minimum atomic E-state index is -0.505. The molecule has 3 aromatic carbocycles. The van der Waals surface area contributed by atoms with Crippen LogP contribution in [-0.4, -0.2) is 12.3 Å². The number of nitrogens with one attached hydrogen (secondary N) is 1. The van der Waals surface area contributed by atoms with Crippen LogP contribution >= 0.6 is 0 Å². The molecule has 1 N–H and O–H groups in total. The van der Waals surface area contributed by atoms with Gasteiger partial charge in [0.25, 0.3) is 0 Å². The van der Waals surface area contributed by atoms with Gasteiger partial charge in [-0.05, 0) is 34.7 Å². The number of carbonyl (C=O) groups excluding carboxylic acids is 1. The maximum Gasteiger partial charge on any atom is 0.136 e. The van der Waals surface area contributed by atoms with Crippen molar-refractivity contribution >= 4 is 6.29 Å². The molecule has 0 radical (unpaired) electrons. The van der Waals surface area contributed by atoms with E-state index in [9.17, 15) is 4.79 Å². The average molecular weight is 313 g/mol. The summed E-state index contributed by atoms with van der Waals surface area (Å²) in [6.45, 7) is 1.90. The van der Waals surface area contributed by atoms with Crippen LogP contribution in [0.2, 0.25) is 0 Å². The van der Waals surface area contributed by atoms with Crippen LogP contribution in [0.4, 0.5) is 0 Å².